The minimum Gasteiger partial charge on any atom is -0.481 e. The van der Waals surface area contributed by atoms with Crippen molar-refractivity contribution in [3.63, 3.8) is 0 Å². The van der Waals surface area contributed by atoms with Crippen LogP contribution in [0.4, 0.5) is 0 Å². The molecule has 0 heterocycles. The molecule has 1 aliphatic carbocycles. The van der Waals surface area contributed by atoms with Crippen molar-refractivity contribution in [2.45, 2.75) is 39.0 Å². The molecule has 0 aromatic heterocycles. The molecule has 1 aliphatic rings. The van der Waals surface area contributed by atoms with Gasteiger partial charge in [0.2, 0.25) is 0 Å². The predicted molar refractivity (Wildman–Crippen MR) is 43.1 cm³/mol. The van der Waals surface area contributed by atoms with Gasteiger partial charge in [0.15, 0.2) is 0 Å². The summed E-state index contributed by atoms with van der Waals surface area (Å²) in [6, 6.07) is 0. The Kier molecular flexibility index (Phi) is 2.92. The van der Waals surface area contributed by atoms with Crippen molar-refractivity contribution >= 4 is 5.97 Å². The lowest BCUT2D eigenvalue weighted by molar-refractivity contribution is -0.136. The number of hydrogen-bond donors (Lipinski definition) is 1. The van der Waals surface area contributed by atoms with Gasteiger partial charge in [0.1, 0.15) is 0 Å². The lowest BCUT2D eigenvalue weighted by Gasteiger charge is -2.26. The lowest BCUT2D eigenvalue weighted by Crippen LogP contribution is -2.17. The molecule has 2 nitrogen and oxygen atoms in total. The third-order valence-electron chi connectivity index (χ3n) is 2.46. The van der Waals surface area contributed by atoms with Crippen LogP contribution < -0.4 is 0 Å². The van der Waals surface area contributed by atoms with E-state index in [1.54, 1.807) is 0 Å². The molecule has 0 aromatic carbocycles. The molecule has 1 N–H and O–H groups in total. The van der Waals surface area contributed by atoms with E-state index in [2.05, 4.69) is 6.92 Å². The predicted octanol–water partition coefficient (Wildman–Crippen LogP) is 2.25. The molecule has 1 radical (unpaired) electrons. The summed E-state index contributed by atoms with van der Waals surface area (Å²) in [5.41, 5.74) is 0. The van der Waals surface area contributed by atoms with E-state index in [1.807, 2.05) is 0 Å². The highest BCUT2D eigenvalue weighted by Crippen LogP contribution is 2.33. The third kappa shape index (κ3) is 2.52. The molecular weight excluding hydrogens is 140 g/mol. The maximum Gasteiger partial charge on any atom is 0.303 e. The van der Waals surface area contributed by atoms with Gasteiger partial charge in [0.25, 0.3) is 0 Å². The zero-order valence-corrected chi connectivity index (χ0v) is 6.97. The van der Waals surface area contributed by atoms with Gasteiger partial charge in [-0.25, -0.2) is 0 Å². The van der Waals surface area contributed by atoms with Gasteiger partial charge in [-0.05, 0) is 18.3 Å². The van der Waals surface area contributed by atoms with Gasteiger partial charge in [0.05, 0.1) is 6.42 Å². The molecule has 0 aromatic rings. The minimum absolute atomic E-state index is 0.293. The zero-order chi connectivity index (χ0) is 8.27. The smallest absolute Gasteiger partial charge is 0.303 e. The van der Waals surface area contributed by atoms with Gasteiger partial charge in [-0.3, -0.25) is 4.79 Å². The van der Waals surface area contributed by atoms with E-state index in [0.717, 1.165) is 6.42 Å². The molecule has 1 saturated carbocycles. The second kappa shape index (κ2) is 3.74. The average Bonchev–Trinajstić information content (AvgIpc) is 1.93. The molecule has 2 heteroatoms. The van der Waals surface area contributed by atoms with Crippen molar-refractivity contribution in [2.75, 3.05) is 0 Å². The normalized spacial score (nSPS) is 26.8. The summed E-state index contributed by atoms with van der Waals surface area (Å²) in [5, 5.41) is 8.56. The summed E-state index contributed by atoms with van der Waals surface area (Å²) in [5.74, 6) is 1.11. The molecule has 0 saturated heterocycles. The topological polar surface area (TPSA) is 37.3 Å². The fraction of sp³-hybridized carbons (Fsp3) is 0.778. The van der Waals surface area contributed by atoms with Crippen molar-refractivity contribution in [2.24, 2.45) is 5.92 Å². The highest BCUT2D eigenvalue weighted by Gasteiger charge is 2.23. The van der Waals surface area contributed by atoms with Crippen LogP contribution in [-0.4, -0.2) is 11.1 Å². The molecule has 1 unspecified atom stereocenters. The van der Waals surface area contributed by atoms with Crippen LogP contribution in [-0.2, 0) is 4.79 Å². The third-order valence-corrected chi connectivity index (χ3v) is 2.46. The highest BCUT2D eigenvalue weighted by molar-refractivity contribution is 5.69. The van der Waals surface area contributed by atoms with Gasteiger partial charge in [-0.15, -0.1) is 0 Å². The summed E-state index contributed by atoms with van der Waals surface area (Å²) in [6.07, 6.45) is 4.97. The van der Waals surface area contributed by atoms with E-state index in [9.17, 15) is 4.79 Å². The van der Waals surface area contributed by atoms with Gasteiger partial charge >= 0.3 is 5.97 Å². The highest BCUT2D eigenvalue weighted by atomic mass is 16.4. The Morgan fingerprint density at radius 3 is 2.91 bits per heavy atom. The Morgan fingerprint density at radius 2 is 2.36 bits per heavy atom. The first-order chi connectivity index (χ1) is 5.20. The van der Waals surface area contributed by atoms with E-state index in [-0.39, 0.29) is 0 Å². The summed E-state index contributed by atoms with van der Waals surface area (Å²) in [4.78, 5) is 10.4. The summed E-state index contributed by atoms with van der Waals surface area (Å²) >= 11 is 0. The van der Waals surface area contributed by atoms with E-state index in [0.29, 0.717) is 12.3 Å². The minimum atomic E-state index is -0.672. The Bertz CT molecular complexity index is 142. The first-order valence-corrected chi connectivity index (χ1v) is 4.26. The Hall–Kier alpha value is -0.530. The largest absolute Gasteiger partial charge is 0.481 e. The number of aliphatic carboxylic acids is 1. The number of carboxylic acids is 1. The van der Waals surface area contributed by atoms with E-state index >= 15 is 0 Å². The number of carbonyl (C=O) groups is 1. The first-order valence-electron chi connectivity index (χ1n) is 4.26. The summed E-state index contributed by atoms with van der Waals surface area (Å²) < 4.78 is 0. The van der Waals surface area contributed by atoms with Gasteiger partial charge in [-0.1, -0.05) is 26.2 Å². The van der Waals surface area contributed by atoms with Crippen molar-refractivity contribution in [1.82, 2.24) is 0 Å². The average molecular weight is 155 g/mol. The molecule has 0 spiro atoms. The van der Waals surface area contributed by atoms with Crippen molar-refractivity contribution in [3.05, 3.63) is 5.92 Å². The Labute approximate surface area is 67.6 Å². The van der Waals surface area contributed by atoms with E-state index in [1.165, 1.54) is 25.2 Å². The van der Waals surface area contributed by atoms with Crippen LogP contribution in [0.3, 0.4) is 0 Å². The van der Waals surface area contributed by atoms with Gasteiger partial charge in [0, 0.05) is 0 Å². The fourth-order valence-corrected chi connectivity index (χ4v) is 1.71. The molecule has 1 atom stereocenters. The van der Waals surface area contributed by atoms with Crippen molar-refractivity contribution in [3.8, 4) is 0 Å². The van der Waals surface area contributed by atoms with Crippen LogP contribution >= 0.6 is 0 Å². The van der Waals surface area contributed by atoms with Crippen LogP contribution in [0.15, 0.2) is 0 Å². The summed E-state index contributed by atoms with van der Waals surface area (Å²) in [6.45, 7) is 2.14. The van der Waals surface area contributed by atoms with Crippen LogP contribution in [0.1, 0.15) is 39.0 Å². The van der Waals surface area contributed by atoms with Crippen LogP contribution in [0, 0.1) is 11.8 Å². The molecule has 1 fully saturated rings. The van der Waals surface area contributed by atoms with Crippen LogP contribution in [0.25, 0.3) is 0 Å². The first kappa shape index (κ1) is 8.57. The van der Waals surface area contributed by atoms with Gasteiger partial charge < -0.3 is 5.11 Å². The maximum atomic E-state index is 10.4. The fourth-order valence-electron chi connectivity index (χ4n) is 1.71. The quantitative estimate of drug-likeness (QED) is 0.664. The van der Waals surface area contributed by atoms with E-state index < -0.39 is 5.97 Å². The monoisotopic (exact) mass is 155 g/mol. The molecule has 1 rings (SSSR count). The lowest BCUT2D eigenvalue weighted by atomic mass is 9.79. The summed E-state index contributed by atoms with van der Waals surface area (Å²) in [7, 11) is 0. The zero-order valence-electron chi connectivity index (χ0n) is 6.97. The molecular formula is C9H15O2. The number of hydrogen-bond acceptors (Lipinski definition) is 1. The van der Waals surface area contributed by atoms with Crippen molar-refractivity contribution < 1.29 is 9.90 Å². The second-order valence-electron chi connectivity index (χ2n) is 3.38. The van der Waals surface area contributed by atoms with E-state index in [4.69, 9.17) is 5.11 Å². The molecule has 0 amide bonds. The molecule has 63 valence electrons. The SMILES string of the molecule is CC1CCCC[C]1CC(=O)O. The Morgan fingerprint density at radius 1 is 1.64 bits per heavy atom. The number of rotatable bonds is 2. The second-order valence-corrected chi connectivity index (χ2v) is 3.38. The molecule has 11 heavy (non-hydrogen) atoms. The number of carboxylic acid groups (broad SMARTS) is 1. The van der Waals surface area contributed by atoms with Crippen molar-refractivity contribution in [1.29, 1.82) is 0 Å². The standard InChI is InChI=1S/C9H15O2/c1-7-4-2-3-5-8(7)6-9(10)11/h7H,2-6H2,1H3,(H,10,11). The molecule has 0 aliphatic heterocycles. The van der Waals surface area contributed by atoms with Gasteiger partial charge in [-0.2, -0.15) is 0 Å². The maximum absolute atomic E-state index is 10.4. The Balaban J connectivity index is 2.35. The van der Waals surface area contributed by atoms with Crippen LogP contribution in [0.5, 0.6) is 0 Å². The van der Waals surface area contributed by atoms with Crippen LogP contribution in [0.2, 0.25) is 0 Å². The molecule has 0 bridgehead atoms.